The fourth-order valence-electron chi connectivity index (χ4n) is 6.63. The normalized spacial score (nSPS) is 18.9. The highest BCUT2D eigenvalue weighted by Gasteiger charge is 2.44. The summed E-state index contributed by atoms with van der Waals surface area (Å²) in [5, 5.41) is 14.1. The van der Waals surface area contributed by atoms with Crippen LogP contribution in [0.1, 0.15) is 82.5 Å². The number of imidazole rings is 1. The molecule has 2 fully saturated rings. The van der Waals surface area contributed by atoms with Crippen LogP contribution in [-0.4, -0.2) is 56.4 Å². The molecule has 41 heavy (non-hydrogen) atoms. The van der Waals surface area contributed by atoms with Crippen LogP contribution in [0.3, 0.4) is 0 Å². The molecular formula is C32H43ClN4O4. The van der Waals surface area contributed by atoms with Gasteiger partial charge in [-0.2, -0.15) is 0 Å². The molecule has 1 aromatic carbocycles. The second-order valence-electron chi connectivity index (χ2n) is 12.8. The Labute approximate surface area is 248 Å². The van der Waals surface area contributed by atoms with Crippen LogP contribution in [0.5, 0.6) is 5.88 Å². The topological polar surface area (TPSA) is 89.7 Å². The number of fused-ring (bicyclic) bond motifs is 1. The van der Waals surface area contributed by atoms with Gasteiger partial charge in [-0.3, -0.25) is 0 Å². The Kier molecular flexibility index (Phi) is 8.53. The van der Waals surface area contributed by atoms with Gasteiger partial charge in [-0.05, 0) is 63.6 Å². The Bertz CT molecular complexity index is 1390. The molecule has 2 aromatic heterocycles. The van der Waals surface area contributed by atoms with Crippen molar-refractivity contribution in [3.63, 3.8) is 0 Å². The van der Waals surface area contributed by atoms with Gasteiger partial charge < -0.3 is 24.0 Å². The van der Waals surface area contributed by atoms with Gasteiger partial charge in [0.25, 0.3) is 0 Å². The Balaban J connectivity index is 1.51. The van der Waals surface area contributed by atoms with Crippen molar-refractivity contribution in [3.8, 4) is 5.88 Å². The third kappa shape index (κ3) is 6.05. The predicted molar refractivity (Wildman–Crippen MR) is 160 cm³/mol. The van der Waals surface area contributed by atoms with Crippen LogP contribution < -0.4 is 4.74 Å². The van der Waals surface area contributed by atoms with E-state index in [2.05, 4.69) is 4.98 Å². The van der Waals surface area contributed by atoms with Crippen LogP contribution in [0, 0.1) is 11.8 Å². The van der Waals surface area contributed by atoms with Gasteiger partial charge in [-0.25, -0.2) is 14.8 Å². The number of methoxy groups -OCH3 is 1. The molecule has 222 valence electrons. The minimum absolute atomic E-state index is 0.152. The summed E-state index contributed by atoms with van der Waals surface area (Å²) in [6.07, 6.45) is 11.4. The number of ether oxygens (including phenoxy) is 2. The number of carbonyl (C=O) groups is 1. The molecule has 9 heteroatoms. The quantitative estimate of drug-likeness (QED) is 0.350. The maximum absolute atomic E-state index is 12.7. The van der Waals surface area contributed by atoms with E-state index in [9.17, 15) is 9.90 Å². The maximum atomic E-state index is 12.7. The van der Waals surface area contributed by atoms with Crippen molar-refractivity contribution in [2.24, 2.45) is 18.9 Å². The van der Waals surface area contributed by atoms with Crippen LogP contribution in [0.15, 0.2) is 30.7 Å². The highest BCUT2D eigenvalue weighted by Crippen LogP contribution is 2.44. The zero-order chi connectivity index (χ0) is 29.4. The number of carbonyl (C=O) groups excluding carboxylic acids is 1. The lowest BCUT2D eigenvalue weighted by atomic mass is 9.74. The Morgan fingerprint density at radius 2 is 1.83 bits per heavy atom. The van der Waals surface area contributed by atoms with E-state index in [1.54, 1.807) is 24.5 Å². The molecule has 1 atom stereocenters. The highest BCUT2D eigenvalue weighted by atomic mass is 35.5. The second-order valence-corrected chi connectivity index (χ2v) is 13.1. The first-order valence-corrected chi connectivity index (χ1v) is 15.2. The van der Waals surface area contributed by atoms with Crippen LogP contribution in [0.2, 0.25) is 5.02 Å². The van der Waals surface area contributed by atoms with Crippen molar-refractivity contribution in [2.45, 2.75) is 83.3 Å². The summed E-state index contributed by atoms with van der Waals surface area (Å²) >= 11 is 7.14. The number of hydrogen-bond donors (Lipinski definition) is 1. The number of benzene rings is 1. The van der Waals surface area contributed by atoms with E-state index in [0.29, 0.717) is 48.4 Å². The fourth-order valence-corrected chi connectivity index (χ4v) is 6.94. The van der Waals surface area contributed by atoms with Gasteiger partial charge in [-0.15, -0.1) is 0 Å². The third-order valence-electron chi connectivity index (χ3n) is 8.77. The van der Waals surface area contributed by atoms with Crippen LogP contribution >= 0.6 is 11.6 Å². The van der Waals surface area contributed by atoms with Crippen LogP contribution in [0.25, 0.3) is 10.9 Å². The molecule has 1 saturated heterocycles. The number of hydrogen-bond acceptors (Lipinski definition) is 6. The minimum atomic E-state index is -1.34. The molecule has 0 radical (unpaired) electrons. The molecule has 1 aliphatic carbocycles. The van der Waals surface area contributed by atoms with E-state index in [4.69, 9.17) is 26.1 Å². The van der Waals surface area contributed by atoms with E-state index in [1.807, 2.05) is 50.6 Å². The number of aromatic nitrogens is 3. The fraction of sp³-hybridized carbons (Fsp3) is 0.594. The monoisotopic (exact) mass is 582 g/mol. The number of piperidine rings is 1. The Hall–Kier alpha value is -2.84. The number of amides is 1. The largest absolute Gasteiger partial charge is 0.481 e. The summed E-state index contributed by atoms with van der Waals surface area (Å²) in [5.41, 5.74) is 1.22. The molecule has 3 aromatic rings. The first kappa shape index (κ1) is 29.6. The second kappa shape index (κ2) is 11.8. The standard InChI is InChI=1S/C32H43ClN4O4/c1-31(2,3)41-30(38)37-15-13-22(14-16-37)32(39,27-19-34-20-36(27)4)23-11-12-26-24(18-23)28(33)25(29(35-26)40-5)17-21-9-7-6-8-10-21/h11-12,18-22,39H,6-10,13-17H2,1-5H3. The number of rotatable bonds is 6. The van der Waals surface area contributed by atoms with Crippen molar-refractivity contribution in [2.75, 3.05) is 20.2 Å². The average molecular weight is 583 g/mol. The molecular weight excluding hydrogens is 540 g/mol. The van der Waals surface area contributed by atoms with Crippen molar-refractivity contribution in [3.05, 3.63) is 52.6 Å². The SMILES string of the molecule is COc1nc2ccc(C(O)(c3cncn3C)C3CCN(C(=O)OC(C)(C)C)CC3)cc2c(Cl)c1CC1CCCCC1. The van der Waals surface area contributed by atoms with Gasteiger partial charge in [0, 0.05) is 37.0 Å². The first-order chi connectivity index (χ1) is 19.5. The highest BCUT2D eigenvalue weighted by molar-refractivity contribution is 6.36. The van der Waals surface area contributed by atoms with E-state index in [1.165, 1.54) is 32.1 Å². The molecule has 1 aliphatic heterocycles. The molecule has 1 amide bonds. The third-order valence-corrected chi connectivity index (χ3v) is 9.21. The molecule has 0 bridgehead atoms. The number of aliphatic hydroxyl groups is 1. The van der Waals surface area contributed by atoms with E-state index < -0.39 is 11.2 Å². The number of aryl methyl sites for hydroxylation is 1. The number of likely N-dealkylation sites (tertiary alicyclic amines) is 1. The van der Waals surface area contributed by atoms with Crippen LogP contribution in [0.4, 0.5) is 4.79 Å². The number of pyridine rings is 1. The lowest BCUT2D eigenvalue weighted by Crippen LogP contribution is -2.47. The smallest absolute Gasteiger partial charge is 0.410 e. The lowest BCUT2D eigenvalue weighted by molar-refractivity contribution is -0.0275. The summed E-state index contributed by atoms with van der Waals surface area (Å²) in [5.74, 6) is 0.997. The van der Waals surface area contributed by atoms with Gasteiger partial charge in [0.1, 0.15) is 11.2 Å². The van der Waals surface area contributed by atoms with Gasteiger partial charge in [-0.1, -0.05) is 49.8 Å². The first-order valence-electron chi connectivity index (χ1n) is 14.8. The Morgan fingerprint density at radius 3 is 2.44 bits per heavy atom. The van der Waals surface area contributed by atoms with Crippen molar-refractivity contribution in [1.29, 1.82) is 0 Å². The van der Waals surface area contributed by atoms with E-state index in [-0.39, 0.29) is 12.0 Å². The maximum Gasteiger partial charge on any atom is 0.410 e. The van der Waals surface area contributed by atoms with Gasteiger partial charge in [0.2, 0.25) is 5.88 Å². The van der Waals surface area contributed by atoms with Crippen molar-refractivity contribution < 1.29 is 19.4 Å². The molecule has 8 nitrogen and oxygen atoms in total. The lowest BCUT2D eigenvalue weighted by Gasteiger charge is -2.42. The predicted octanol–water partition coefficient (Wildman–Crippen LogP) is 6.64. The van der Waals surface area contributed by atoms with Gasteiger partial charge in [0.15, 0.2) is 0 Å². The molecule has 3 heterocycles. The molecule has 5 rings (SSSR count). The van der Waals surface area contributed by atoms with E-state index in [0.717, 1.165) is 28.5 Å². The van der Waals surface area contributed by atoms with Gasteiger partial charge >= 0.3 is 6.09 Å². The molecule has 1 saturated carbocycles. The molecule has 1 unspecified atom stereocenters. The summed E-state index contributed by atoms with van der Waals surface area (Å²) in [6, 6.07) is 5.83. The van der Waals surface area contributed by atoms with Crippen molar-refractivity contribution >= 4 is 28.6 Å². The molecule has 0 spiro atoms. The summed E-state index contributed by atoms with van der Waals surface area (Å²) in [6.45, 7) is 6.61. The summed E-state index contributed by atoms with van der Waals surface area (Å²) in [7, 11) is 3.54. The number of halogens is 1. The van der Waals surface area contributed by atoms with Gasteiger partial charge in [0.05, 0.1) is 35.9 Å². The zero-order valence-corrected chi connectivity index (χ0v) is 25.7. The number of nitrogens with zero attached hydrogens (tertiary/aromatic N) is 4. The molecule has 1 N–H and O–H groups in total. The minimum Gasteiger partial charge on any atom is -0.481 e. The summed E-state index contributed by atoms with van der Waals surface area (Å²) in [4.78, 5) is 23.6. The zero-order valence-electron chi connectivity index (χ0n) is 25.0. The van der Waals surface area contributed by atoms with Crippen LogP contribution in [-0.2, 0) is 23.8 Å². The summed E-state index contributed by atoms with van der Waals surface area (Å²) < 4.78 is 13.2. The van der Waals surface area contributed by atoms with Crippen molar-refractivity contribution in [1.82, 2.24) is 19.4 Å². The van der Waals surface area contributed by atoms with E-state index >= 15 is 0 Å². The Morgan fingerprint density at radius 1 is 1.12 bits per heavy atom. The molecule has 2 aliphatic rings. The average Bonchev–Trinajstić information content (AvgIpc) is 3.39.